The fraction of sp³-hybridized carbons (Fsp3) is 0.0833. The van der Waals surface area contributed by atoms with Crippen LogP contribution in [0.3, 0.4) is 0 Å². The van der Waals surface area contributed by atoms with Crippen LogP contribution in [0.25, 0.3) is 17.0 Å². The second-order valence-electron chi connectivity index (χ2n) is 6.62. The summed E-state index contributed by atoms with van der Waals surface area (Å²) in [5.74, 6) is 0.693. The van der Waals surface area contributed by atoms with E-state index in [1.165, 1.54) is 6.08 Å². The van der Waals surface area contributed by atoms with Gasteiger partial charge in [-0.05, 0) is 42.5 Å². The van der Waals surface area contributed by atoms with Gasteiger partial charge in [0.25, 0.3) is 0 Å². The third-order valence-corrected chi connectivity index (χ3v) is 4.81. The van der Waals surface area contributed by atoms with E-state index in [4.69, 9.17) is 20.8 Å². The molecule has 4 rings (SSSR count). The number of ether oxygens (including phenoxy) is 1. The predicted octanol–water partition coefficient (Wildman–Crippen LogP) is 5.33. The summed E-state index contributed by atoms with van der Waals surface area (Å²) < 4.78 is 13.1. The van der Waals surface area contributed by atoms with Crippen LogP contribution in [-0.4, -0.2) is 12.9 Å². The van der Waals surface area contributed by atoms with Gasteiger partial charge in [0.1, 0.15) is 0 Å². The molecule has 0 aliphatic rings. The number of hydrogen-bond acceptors (Lipinski definition) is 3. The summed E-state index contributed by atoms with van der Waals surface area (Å²) in [6, 6.07) is 18.9. The Morgan fingerprint density at radius 1 is 1.14 bits per heavy atom. The zero-order chi connectivity index (χ0) is 20.2. The van der Waals surface area contributed by atoms with Gasteiger partial charge in [-0.15, -0.1) is 0 Å². The topological polar surface area (TPSA) is 43.3 Å². The molecule has 0 unspecified atom stereocenters. The fourth-order valence-electron chi connectivity index (χ4n) is 3.11. The highest BCUT2D eigenvalue weighted by Gasteiger charge is 2.13. The van der Waals surface area contributed by atoms with Crippen molar-refractivity contribution in [1.29, 1.82) is 0 Å². The summed E-state index contributed by atoms with van der Waals surface area (Å²) in [5, 5.41) is 1.55. The number of pyridine rings is 1. The largest absolute Gasteiger partial charge is 0.493 e. The molecule has 0 fully saturated rings. The summed E-state index contributed by atoms with van der Waals surface area (Å²) in [5.41, 5.74) is 2.64. The highest BCUT2D eigenvalue weighted by molar-refractivity contribution is 6.30. The monoisotopic (exact) mass is 404 g/mol. The Hall–Kier alpha value is -3.37. The van der Waals surface area contributed by atoms with Crippen molar-refractivity contribution in [3.8, 4) is 5.75 Å². The normalized spacial score (nSPS) is 11.2. The lowest BCUT2D eigenvalue weighted by Gasteiger charge is -1.99. The molecule has 0 aliphatic heterocycles. The van der Waals surface area contributed by atoms with Gasteiger partial charge in [0.2, 0.25) is 5.78 Å². The maximum absolute atomic E-state index is 12.6. The first-order valence-electron chi connectivity index (χ1n) is 9.15. The van der Waals surface area contributed by atoms with E-state index in [2.05, 4.69) is 4.57 Å². The van der Waals surface area contributed by atoms with Crippen molar-refractivity contribution >= 4 is 34.4 Å². The molecule has 0 saturated heterocycles. The fourth-order valence-corrected chi connectivity index (χ4v) is 3.24. The van der Waals surface area contributed by atoms with E-state index >= 15 is 0 Å². The third-order valence-electron chi connectivity index (χ3n) is 4.56. The number of fused-ring (bicyclic) bond motifs is 1. The summed E-state index contributed by atoms with van der Waals surface area (Å²) in [6.45, 7) is 0.718. The highest BCUT2D eigenvalue weighted by atomic mass is 35.5. The molecule has 29 heavy (non-hydrogen) atoms. The second-order valence-corrected chi connectivity index (χ2v) is 7.06. The molecule has 2 heterocycles. The first-order valence-corrected chi connectivity index (χ1v) is 9.53. The number of allylic oxidation sites excluding steroid dienone is 1. The molecule has 0 radical (unpaired) electrons. The van der Waals surface area contributed by atoms with Gasteiger partial charge in [-0.25, -0.2) is 4.57 Å². The number of hydrogen-bond donors (Lipinski definition) is 0. The first-order chi connectivity index (χ1) is 14.1. The summed E-state index contributed by atoms with van der Waals surface area (Å²) in [6.07, 6.45) is 7.27. The Morgan fingerprint density at radius 2 is 1.97 bits per heavy atom. The van der Waals surface area contributed by atoms with Crippen molar-refractivity contribution in [2.75, 3.05) is 7.11 Å². The third kappa shape index (κ3) is 4.39. The number of carbonyl (C=O) groups excluding carboxylic acids is 1. The lowest BCUT2D eigenvalue weighted by Crippen LogP contribution is -2.33. The molecule has 0 amide bonds. The minimum Gasteiger partial charge on any atom is -0.493 e. The first kappa shape index (κ1) is 19.0. The molecule has 0 saturated carbocycles. The van der Waals surface area contributed by atoms with E-state index in [1.807, 2.05) is 60.9 Å². The second kappa shape index (κ2) is 8.33. The Kier molecular flexibility index (Phi) is 5.45. The molecule has 2 aromatic carbocycles. The van der Waals surface area contributed by atoms with E-state index in [0.29, 0.717) is 11.3 Å². The van der Waals surface area contributed by atoms with Crippen LogP contribution in [0.2, 0.25) is 5.02 Å². The number of aromatic nitrogens is 1. The van der Waals surface area contributed by atoms with Gasteiger partial charge < -0.3 is 9.15 Å². The molecule has 4 aromatic rings. The number of para-hydroxylation sites is 1. The standard InChI is InChI=1S/C24H19ClNO3/c1-28-22-6-2-5-19-14-23(29-24(19)22)21(27)12-9-17-4-3-13-26(15-17)16-18-7-10-20(25)11-8-18/h2-15H,16H2,1H3/q+1/b12-9+. The Labute approximate surface area is 173 Å². The van der Waals surface area contributed by atoms with Crippen LogP contribution in [0, 0.1) is 0 Å². The van der Waals surface area contributed by atoms with E-state index in [0.717, 1.165) is 28.1 Å². The van der Waals surface area contributed by atoms with Crippen molar-refractivity contribution in [3.63, 3.8) is 0 Å². The van der Waals surface area contributed by atoms with Crippen LogP contribution in [-0.2, 0) is 6.54 Å². The predicted molar refractivity (Wildman–Crippen MR) is 113 cm³/mol. The van der Waals surface area contributed by atoms with E-state index < -0.39 is 0 Å². The lowest BCUT2D eigenvalue weighted by molar-refractivity contribution is -0.688. The van der Waals surface area contributed by atoms with Crippen LogP contribution in [0.15, 0.2) is 83.6 Å². The van der Waals surface area contributed by atoms with Crippen LogP contribution in [0.1, 0.15) is 21.7 Å². The van der Waals surface area contributed by atoms with Gasteiger partial charge in [0.15, 0.2) is 36.0 Å². The summed E-state index contributed by atoms with van der Waals surface area (Å²) >= 11 is 5.94. The van der Waals surface area contributed by atoms with Gasteiger partial charge in [-0.3, -0.25) is 4.79 Å². The number of nitrogens with zero attached hydrogens (tertiary/aromatic N) is 1. The maximum atomic E-state index is 12.6. The molecular formula is C24H19ClNO3+. The Balaban J connectivity index is 1.51. The van der Waals surface area contributed by atoms with Crippen molar-refractivity contribution in [2.24, 2.45) is 0 Å². The number of furan rings is 1. The number of benzene rings is 2. The minimum atomic E-state index is -0.198. The zero-order valence-electron chi connectivity index (χ0n) is 15.8. The maximum Gasteiger partial charge on any atom is 0.221 e. The molecule has 0 N–H and O–H groups in total. The van der Waals surface area contributed by atoms with Gasteiger partial charge in [0.05, 0.1) is 7.11 Å². The molecule has 2 aromatic heterocycles. The van der Waals surface area contributed by atoms with Crippen molar-refractivity contribution in [3.05, 3.63) is 101 Å². The van der Waals surface area contributed by atoms with E-state index in [9.17, 15) is 4.79 Å². The van der Waals surface area contributed by atoms with E-state index in [-0.39, 0.29) is 11.5 Å². The lowest BCUT2D eigenvalue weighted by atomic mass is 10.2. The molecular weight excluding hydrogens is 386 g/mol. The van der Waals surface area contributed by atoms with Gasteiger partial charge in [0, 0.05) is 27.6 Å². The molecule has 0 atom stereocenters. The molecule has 4 nitrogen and oxygen atoms in total. The van der Waals surface area contributed by atoms with Gasteiger partial charge in [-0.1, -0.05) is 35.9 Å². The smallest absolute Gasteiger partial charge is 0.221 e. The SMILES string of the molecule is COc1cccc2cc(C(=O)/C=C/c3ccc[n+](Cc4ccc(Cl)cc4)c3)oc12. The number of rotatable bonds is 6. The molecule has 0 spiro atoms. The zero-order valence-corrected chi connectivity index (χ0v) is 16.6. The van der Waals surface area contributed by atoms with Crippen molar-refractivity contribution in [1.82, 2.24) is 0 Å². The van der Waals surface area contributed by atoms with Crippen LogP contribution >= 0.6 is 11.6 Å². The number of carbonyl (C=O) groups is 1. The minimum absolute atomic E-state index is 0.198. The average Bonchev–Trinajstić information content (AvgIpc) is 3.18. The number of halogens is 1. The summed E-state index contributed by atoms with van der Waals surface area (Å²) in [7, 11) is 1.58. The van der Waals surface area contributed by atoms with Crippen LogP contribution in [0.5, 0.6) is 5.75 Å². The van der Waals surface area contributed by atoms with Crippen molar-refractivity contribution < 1.29 is 18.5 Å². The number of methoxy groups -OCH3 is 1. The quantitative estimate of drug-likeness (QED) is 0.248. The molecule has 0 bridgehead atoms. The van der Waals surface area contributed by atoms with Crippen LogP contribution in [0.4, 0.5) is 0 Å². The van der Waals surface area contributed by atoms with E-state index in [1.54, 1.807) is 25.3 Å². The molecule has 5 heteroatoms. The molecule has 0 aliphatic carbocycles. The number of ketones is 1. The van der Waals surface area contributed by atoms with Gasteiger partial charge in [-0.2, -0.15) is 0 Å². The average molecular weight is 405 g/mol. The van der Waals surface area contributed by atoms with Crippen molar-refractivity contribution in [2.45, 2.75) is 6.54 Å². The summed E-state index contributed by atoms with van der Waals surface area (Å²) in [4.78, 5) is 12.6. The Bertz CT molecular complexity index is 1190. The molecule has 144 valence electrons. The highest BCUT2D eigenvalue weighted by Crippen LogP contribution is 2.28. The van der Waals surface area contributed by atoms with Crippen LogP contribution < -0.4 is 9.30 Å². The Morgan fingerprint density at radius 3 is 2.76 bits per heavy atom. The van der Waals surface area contributed by atoms with Gasteiger partial charge >= 0.3 is 0 Å².